The van der Waals surface area contributed by atoms with Gasteiger partial charge in [0.15, 0.2) is 16.4 Å². The number of aryl methyl sites for hydroxylation is 1. The lowest BCUT2D eigenvalue weighted by molar-refractivity contribution is -0.134. The molecule has 1 saturated heterocycles. The van der Waals surface area contributed by atoms with Crippen LogP contribution in [0.25, 0.3) is 0 Å². The van der Waals surface area contributed by atoms with Crippen LogP contribution in [0.4, 0.5) is 0 Å². The lowest BCUT2D eigenvalue weighted by Gasteiger charge is -2.23. The molecule has 0 aromatic carbocycles. The summed E-state index contributed by atoms with van der Waals surface area (Å²) in [4.78, 5) is 26.1. The molecule has 1 amide bonds. The molecule has 0 N–H and O–H groups in total. The van der Waals surface area contributed by atoms with Crippen LogP contribution in [0.5, 0.6) is 0 Å². The highest BCUT2D eigenvalue weighted by Gasteiger charge is 2.33. The Labute approximate surface area is 164 Å². The van der Waals surface area contributed by atoms with Gasteiger partial charge in [-0.3, -0.25) is 4.79 Å². The zero-order valence-electron chi connectivity index (χ0n) is 16.2. The maximum Gasteiger partial charge on any atom is 0.340 e. The second kappa shape index (κ2) is 7.83. The summed E-state index contributed by atoms with van der Waals surface area (Å²) in [5, 5.41) is 0. The third-order valence-electron chi connectivity index (χ3n) is 5.16. The van der Waals surface area contributed by atoms with Crippen molar-refractivity contribution in [2.75, 3.05) is 25.2 Å². The van der Waals surface area contributed by atoms with Gasteiger partial charge in [0.2, 0.25) is 0 Å². The third-order valence-corrected chi connectivity index (χ3v) is 6.91. The van der Waals surface area contributed by atoms with Crippen molar-refractivity contribution < 1.29 is 27.2 Å². The molecule has 28 heavy (non-hydrogen) atoms. The van der Waals surface area contributed by atoms with Gasteiger partial charge in [-0.1, -0.05) is 0 Å². The molecule has 9 heteroatoms. The van der Waals surface area contributed by atoms with Crippen LogP contribution in [0.1, 0.15) is 33.9 Å². The van der Waals surface area contributed by atoms with Crippen LogP contribution in [0.15, 0.2) is 28.9 Å². The van der Waals surface area contributed by atoms with E-state index in [0.717, 1.165) is 17.1 Å². The molecular weight excluding hydrogens is 384 g/mol. The van der Waals surface area contributed by atoms with E-state index in [1.807, 2.05) is 24.5 Å². The number of carbonyl (C=O) groups is 2. The first-order valence-corrected chi connectivity index (χ1v) is 10.8. The number of sulfone groups is 1. The number of nitrogens with zero attached hydrogens (tertiary/aromatic N) is 2. The number of aromatic nitrogens is 1. The van der Waals surface area contributed by atoms with Crippen LogP contribution in [0.2, 0.25) is 0 Å². The second-order valence-corrected chi connectivity index (χ2v) is 9.32. The molecule has 8 nitrogen and oxygen atoms in total. The van der Waals surface area contributed by atoms with E-state index in [-0.39, 0.29) is 17.5 Å². The minimum atomic E-state index is -3.09. The fourth-order valence-corrected chi connectivity index (χ4v) is 5.18. The highest BCUT2D eigenvalue weighted by atomic mass is 32.2. The van der Waals surface area contributed by atoms with Crippen molar-refractivity contribution in [2.45, 2.75) is 32.9 Å². The fourth-order valence-electron chi connectivity index (χ4n) is 3.40. The molecule has 0 aliphatic carbocycles. The van der Waals surface area contributed by atoms with Crippen LogP contribution < -0.4 is 0 Å². The first-order valence-electron chi connectivity index (χ1n) is 9.00. The van der Waals surface area contributed by atoms with Crippen LogP contribution in [-0.2, 0) is 25.9 Å². The van der Waals surface area contributed by atoms with Gasteiger partial charge in [0, 0.05) is 24.5 Å². The van der Waals surface area contributed by atoms with Gasteiger partial charge in [0.1, 0.15) is 5.76 Å². The summed E-state index contributed by atoms with van der Waals surface area (Å²) >= 11 is 0. The van der Waals surface area contributed by atoms with Crippen LogP contribution in [-0.4, -0.2) is 61.0 Å². The molecule has 0 saturated carbocycles. The Kier molecular flexibility index (Phi) is 5.64. The summed E-state index contributed by atoms with van der Waals surface area (Å²) in [6.07, 6.45) is 2.00. The smallest absolute Gasteiger partial charge is 0.340 e. The molecular formula is C19H24N2O6S. The minimum absolute atomic E-state index is 0.0445. The molecule has 152 valence electrons. The summed E-state index contributed by atoms with van der Waals surface area (Å²) in [7, 11) is -1.55. The van der Waals surface area contributed by atoms with Gasteiger partial charge in [-0.2, -0.15) is 0 Å². The number of amides is 1. The summed E-state index contributed by atoms with van der Waals surface area (Å²) in [5.41, 5.74) is 1.99. The van der Waals surface area contributed by atoms with Crippen molar-refractivity contribution in [3.63, 3.8) is 0 Å². The second-order valence-electron chi connectivity index (χ2n) is 7.09. The Morgan fingerprint density at radius 1 is 1.36 bits per heavy atom. The molecule has 1 fully saturated rings. The fraction of sp³-hybridized carbons (Fsp3) is 0.474. The molecule has 1 atom stereocenters. The van der Waals surface area contributed by atoms with E-state index >= 15 is 0 Å². The topological polar surface area (TPSA) is 98.8 Å². The first-order chi connectivity index (χ1) is 13.2. The molecule has 2 aromatic heterocycles. The monoisotopic (exact) mass is 408 g/mol. The molecule has 3 heterocycles. The predicted octanol–water partition coefficient (Wildman–Crippen LogP) is 1.55. The van der Waals surface area contributed by atoms with Gasteiger partial charge in [-0.25, -0.2) is 13.2 Å². The summed E-state index contributed by atoms with van der Waals surface area (Å²) in [6.45, 7) is 3.76. The zero-order valence-corrected chi connectivity index (χ0v) is 17.0. The molecule has 0 radical (unpaired) electrons. The minimum Gasteiger partial charge on any atom is -0.467 e. The third kappa shape index (κ3) is 4.30. The van der Waals surface area contributed by atoms with E-state index in [2.05, 4.69) is 0 Å². The highest BCUT2D eigenvalue weighted by Crippen LogP contribution is 2.19. The summed E-state index contributed by atoms with van der Waals surface area (Å²) < 4.78 is 35.6. The van der Waals surface area contributed by atoms with Crippen LogP contribution in [0, 0.1) is 13.8 Å². The number of hydrogen-bond donors (Lipinski definition) is 0. The van der Waals surface area contributed by atoms with Gasteiger partial charge < -0.3 is 18.6 Å². The largest absolute Gasteiger partial charge is 0.467 e. The van der Waals surface area contributed by atoms with Crippen molar-refractivity contribution in [1.29, 1.82) is 0 Å². The average Bonchev–Trinajstić information content (AvgIpc) is 3.35. The quantitative estimate of drug-likeness (QED) is 0.673. The van der Waals surface area contributed by atoms with Gasteiger partial charge in [0.25, 0.3) is 5.91 Å². The molecule has 1 aliphatic rings. The summed E-state index contributed by atoms with van der Waals surface area (Å²) in [5.74, 6) is -0.196. The maximum atomic E-state index is 12.5. The number of carbonyl (C=O) groups excluding carboxylic acids is 2. The normalized spacial score (nSPS) is 18.2. The lowest BCUT2D eigenvalue weighted by atomic mass is 10.2. The number of rotatable bonds is 6. The van der Waals surface area contributed by atoms with Gasteiger partial charge in [-0.05, 0) is 38.5 Å². The molecule has 1 aliphatic heterocycles. The SMILES string of the molecule is Cc1cc(C(=O)OCC(=O)N(C)[C@H]2CCS(=O)(=O)C2)c(C)n1Cc1ccco1. The molecule has 3 rings (SSSR count). The van der Waals surface area contributed by atoms with E-state index in [4.69, 9.17) is 9.15 Å². The number of furan rings is 1. The highest BCUT2D eigenvalue weighted by molar-refractivity contribution is 7.91. The van der Waals surface area contributed by atoms with E-state index in [1.165, 1.54) is 11.9 Å². The number of esters is 1. The van der Waals surface area contributed by atoms with E-state index in [9.17, 15) is 18.0 Å². The number of likely N-dealkylation sites (N-methyl/N-ethyl adjacent to an activating group) is 1. The Morgan fingerprint density at radius 3 is 2.71 bits per heavy atom. The Balaban J connectivity index is 1.61. The van der Waals surface area contributed by atoms with Crippen LogP contribution in [0.3, 0.4) is 0 Å². The molecule has 0 spiro atoms. The maximum absolute atomic E-state index is 12.5. The Bertz CT molecular complexity index is 974. The Hall–Kier alpha value is -2.55. The van der Waals surface area contributed by atoms with E-state index < -0.39 is 28.3 Å². The van der Waals surface area contributed by atoms with Gasteiger partial charge in [-0.15, -0.1) is 0 Å². The lowest BCUT2D eigenvalue weighted by Crippen LogP contribution is -2.40. The molecule has 2 aromatic rings. The van der Waals surface area contributed by atoms with Gasteiger partial charge in [0.05, 0.1) is 29.9 Å². The Morgan fingerprint density at radius 2 is 2.11 bits per heavy atom. The van der Waals surface area contributed by atoms with Crippen molar-refractivity contribution in [3.8, 4) is 0 Å². The summed E-state index contributed by atoms with van der Waals surface area (Å²) in [6, 6.07) is 5.01. The molecule has 0 bridgehead atoms. The van der Waals surface area contributed by atoms with Crippen molar-refractivity contribution in [2.24, 2.45) is 0 Å². The van der Waals surface area contributed by atoms with Crippen molar-refractivity contribution >= 4 is 21.7 Å². The number of ether oxygens (including phenoxy) is 1. The van der Waals surface area contributed by atoms with Gasteiger partial charge >= 0.3 is 5.97 Å². The van der Waals surface area contributed by atoms with Crippen molar-refractivity contribution in [3.05, 3.63) is 47.2 Å². The average molecular weight is 408 g/mol. The zero-order chi connectivity index (χ0) is 20.5. The van der Waals surface area contributed by atoms with E-state index in [1.54, 1.807) is 18.4 Å². The van der Waals surface area contributed by atoms with Crippen LogP contribution >= 0.6 is 0 Å². The standard InChI is InChI=1S/C19H24N2O6S/c1-13-9-17(14(2)21(13)10-16-5-4-7-26-16)19(23)27-11-18(22)20(3)15-6-8-28(24,25)12-15/h4-5,7,9,15H,6,8,10-12H2,1-3H3/t15-/m0/s1. The first kappa shape index (κ1) is 20.2. The molecule has 0 unspecified atom stereocenters. The predicted molar refractivity (Wildman–Crippen MR) is 102 cm³/mol. The number of hydrogen-bond acceptors (Lipinski definition) is 6. The van der Waals surface area contributed by atoms with E-state index in [0.29, 0.717) is 18.5 Å². The van der Waals surface area contributed by atoms with Crippen molar-refractivity contribution in [1.82, 2.24) is 9.47 Å².